The summed E-state index contributed by atoms with van der Waals surface area (Å²) >= 11 is 0. The van der Waals surface area contributed by atoms with Crippen LogP contribution in [0.15, 0.2) is 0 Å². The summed E-state index contributed by atoms with van der Waals surface area (Å²) in [6, 6.07) is 0. The second-order valence-corrected chi connectivity index (χ2v) is 18.7. The maximum Gasteiger partial charge on any atom is 0.312 e. The van der Waals surface area contributed by atoms with Crippen LogP contribution in [0, 0.1) is 34.0 Å². The molecular formula is C39H72O6. The average molecular weight is 637 g/mol. The fraction of sp³-hybridized carbons (Fsp3) is 0.974. The summed E-state index contributed by atoms with van der Waals surface area (Å²) in [6.07, 6.45) is 17.5. The topological polar surface area (TPSA) is 63.2 Å². The van der Waals surface area contributed by atoms with Crippen LogP contribution in [0.4, 0.5) is 0 Å². The molecule has 4 rings (SSSR count). The number of esters is 1. The van der Waals surface area contributed by atoms with Gasteiger partial charge in [-0.3, -0.25) is 4.79 Å². The van der Waals surface area contributed by atoms with E-state index < -0.39 is 22.2 Å². The highest BCUT2D eigenvalue weighted by molar-refractivity contribution is 5.78. The van der Waals surface area contributed by atoms with Crippen molar-refractivity contribution in [2.24, 2.45) is 34.0 Å². The lowest BCUT2D eigenvalue weighted by Crippen LogP contribution is -2.64. The highest BCUT2D eigenvalue weighted by Gasteiger charge is 2.62. The van der Waals surface area contributed by atoms with Crippen LogP contribution in [0.2, 0.25) is 0 Å². The molecule has 4 saturated carbocycles. The van der Waals surface area contributed by atoms with Gasteiger partial charge in [0.05, 0.1) is 18.1 Å². The van der Waals surface area contributed by atoms with Crippen LogP contribution in [-0.4, -0.2) is 43.3 Å². The Morgan fingerprint density at radius 3 is 1.76 bits per heavy atom. The van der Waals surface area contributed by atoms with Crippen LogP contribution < -0.4 is 0 Å². The maximum absolute atomic E-state index is 14.3. The van der Waals surface area contributed by atoms with Crippen molar-refractivity contribution in [3.05, 3.63) is 0 Å². The summed E-state index contributed by atoms with van der Waals surface area (Å²) in [5, 5.41) is 0. The van der Waals surface area contributed by atoms with Crippen LogP contribution in [-0.2, 0) is 28.8 Å². The molecule has 0 aromatic rings. The number of hydrogen-bond acceptors (Lipinski definition) is 6. The van der Waals surface area contributed by atoms with Gasteiger partial charge in [-0.2, -0.15) is 0 Å². The second kappa shape index (κ2) is 15.2. The first-order chi connectivity index (χ1) is 20.8. The molecule has 45 heavy (non-hydrogen) atoms. The summed E-state index contributed by atoms with van der Waals surface area (Å²) in [7, 11) is 3.33. The minimum atomic E-state index is -0.685. The predicted octanol–water partition coefficient (Wildman–Crippen LogP) is 10.6. The quantitative estimate of drug-likeness (QED) is 0.109. The van der Waals surface area contributed by atoms with E-state index in [1.54, 1.807) is 14.2 Å². The largest absolute Gasteiger partial charge is 0.458 e. The molecule has 0 radical (unpaired) electrons. The zero-order valence-electron chi connectivity index (χ0n) is 31.6. The molecule has 0 aliphatic heterocycles. The van der Waals surface area contributed by atoms with Gasteiger partial charge in [0.25, 0.3) is 0 Å². The molecule has 2 bridgehead atoms. The van der Waals surface area contributed by atoms with Gasteiger partial charge in [0, 0.05) is 32.3 Å². The molecule has 0 spiro atoms. The zero-order chi connectivity index (χ0) is 33.7. The standard InChI is InChI=1S/C32H58O6.C7H14/c1-23-17-31(36-25(34-10)24-15-13-12-14-16-24)20-29(8,38-35-11)21-32(18-23,22-31)37-26(33)30(9,28(5,6)7)19-27(2,3)4;1-7-5-3-2-4-6-7/h23-25H,12-22H2,1-11H3;7H,2-6H2,1H3. The van der Waals surface area contributed by atoms with E-state index in [1.165, 1.54) is 51.4 Å². The number of fused-ring (bicyclic) bond motifs is 2. The molecule has 4 aliphatic carbocycles. The predicted molar refractivity (Wildman–Crippen MR) is 183 cm³/mol. The number of ether oxygens (including phenoxy) is 3. The van der Waals surface area contributed by atoms with Crippen molar-refractivity contribution in [1.29, 1.82) is 0 Å². The third-order valence-electron chi connectivity index (χ3n) is 11.6. The molecule has 0 N–H and O–H groups in total. The van der Waals surface area contributed by atoms with Gasteiger partial charge in [0.2, 0.25) is 0 Å². The van der Waals surface area contributed by atoms with Crippen LogP contribution >= 0.6 is 0 Å². The van der Waals surface area contributed by atoms with Gasteiger partial charge in [-0.05, 0) is 68.6 Å². The highest BCUT2D eigenvalue weighted by Crippen LogP contribution is 2.58. The molecule has 0 aromatic carbocycles. The van der Waals surface area contributed by atoms with Gasteiger partial charge in [-0.1, -0.05) is 107 Å². The minimum Gasteiger partial charge on any atom is -0.458 e. The molecule has 4 aliphatic rings. The van der Waals surface area contributed by atoms with Crippen molar-refractivity contribution in [2.75, 3.05) is 14.2 Å². The molecule has 6 heteroatoms. The molecule has 0 heterocycles. The maximum atomic E-state index is 14.3. The Labute approximate surface area is 277 Å². The number of hydrogen-bond donors (Lipinski definition) is 0. The number of rotatable bonds is 9. The summed E-state index contributed by atoms with van der Waals surface area (Å²) in [4.78, 5) is 25.5. The normalized spacial score (nSPS) is 33.8. The van der Waals surface area contributed by atoms with Crippen molar-refractivity contribution in [3.8, 4) is 0 Å². The lowest BCUT2D eigenvalue weighted by atomic mass is 9.58. The smallest absolute Gasteiger partial charge is 0.312 e. The molecule has 6 unspecified atom stereocenters. The van der Waals surface area contributed by atoms with E-state index >= 15 is 0 Å². The molecule has 0 saturated heterocycles. The molecular weight excluding hydrogens is 564 g/mol. The first-order valence-corrected chi connectivity index (χ1v) is 18.4. The molecule has 264 valence electrons. The van der Waals surface area contributed by atoms with E-state index in [1.807, 2.05) is 0 Å². The van der Waals surface area contributed by atoms with Crippen LogP contribution in [0.5, 0.6) is 0 Å². The zero-order valence-corrected chi connectivity index (χ0v) is 31.6. The van der Waals surface area contributed by atoms with E-state index in [9.17, 15) is 4.79 Å². The Morgan fingerprint density at radius 2 is 1.29 bits per heavy atom. The fourth-order valence-electron chi connectivity index (χ4n) is 9.58. The molecule has 6 nitrogen and oxygen atoms in total. The lowest BCUT2D eigenvalue weighted by Gasteiger charge is -2.59. The number of carbonyl (C=O) groups is 1. The summed E-state index contributed by atoms with van der Waals surface area (Å²) in [5.41, 5.74) is -2.75. The number of methoxy groups -OCH3 is 1. The summed E-state index contributed by atoms with van der Waals surface area (Å²) < 4.78 is 19.8. The third kappa shape index (κ3) is 10.4. The van der Waals surface area contributed by atoms with E-state index in [4.69, 9.17) is 24.0 Å². The second-order valence-electron chi connectivity index (χ2n) is 18.7. The molecule has 4 fully saturated rings. The number of carbonyl (C=O) groups excluding carboxylic acids is 1. The van der Waals surface area contributed by atoms with E-state index in [-0.39, 0.29) is 23.1 Å². The monoisotopic (exact) mass is 637 g/mol. The summed E-state index contributed by atoms with van der Waals surface area (Å²) in [6.45, 7) is 21.8. The lowest BCUT2D eigenvalue weighted by molar-refractivity contribution is -0.382. The molecule has 0 aromatic heterocycles. The minimum absolute atomic E-state index is 0.0165. The first-order valence-electron chi connectivity index (χ1n) is 18.4. The van der Waals surface area contributed by atoms with E-state index in [0.29, 0.717) is 31.1 Å². The van der Waals surface area contributed by atoms with Gasteiger partial charge < -0.3 is 14.2 Å². The Bertz CT molecular complexity index is 925. The Hall–Kier alpha value is -0.690. The highest BCUT2D eigenvalue weighted by atomic mass is 17.2. The van der Waals surface area contributed by atoms with Gasteiger partial charge >= 0.3 is 5.97 Å². The first kappa shape index (κ1) is 38.8. The Morgan fingerprint density at radius 1 is 0.756 bits per heavy atom. The van der Waals surface area contributed by atoms with Gasteiger partial charge in [-0.15, -0.1) is 0 Å². The van der Waals surface area contributed by atoms with Crippen molar-refractivity contribution in [2.45, 2.75) is 195 Å². The van der Waals surface area contributed by atoms with Crippen LogP contribution in [0.3, 0.4) is 0 Å². The average Bonchev–Trinajstić information content (AvgIpc) is 2.90. The van der Waals surface area contributed by atoms with Crippen molar-refractivity contribution in [3.63, 3.8) is 0 Å². The van der Waals surface area contributed by atoms with Gasteiger partial charge in [0.15, 0.2) is 6.29 Å². The van der Waals surface area contributed by atoms with Gasteiger partial charge in [0.1, 0.15) is 11.2 Å². The van der Waals surface area contributed by atoms with E-state index in [2.05, 4.69) is 69.2 Å². The van der Waals surface area contributed by atoms with Crippen molar-refractivity contribution < 1.29 is 28.8 Å². The SMILES string of the molecule is CC1CCCCC1.COOC1(C)CC2(OC(=O)C(C)(CC(C)(C)C)C(C)(C)C)CC(C)CC(OC(OC)C3CCCCC3)(C1)C2. The van der Waals surface area contributed by atoms with E-state index in [0.717, 1.165) is 38.0 Å². The van der Waals surface area contributed by atoms with Crippen LogP contribution in [0.1, 0.15) is 172 Å². The molecule has 6 atom stereocenters. The van der Waals surface area contributed by atoms with Crippen LogP contribution in [0.25, 0.3) is 0 Å². The Kier molecular flexibility index (Phi) is 13.1. The molecule has 0 amide bonds. The van der Waals surface area contributed by atoms with Gasteiger partial charge in [-0.25, -0.2) is 9.78 Å². The fourth-order valence-corrected chi connectivity index (χ4v) is 9.58. The Balaban J connectivity index is 0.000000693. The van der Waals surface area contributed by atoms with Crippen molar-refractivity contribution in [1.82, 2.24) is 0 Å². The summed E-state index contributed by atoms with van der Waals surface area (Å²) in [5.74, 6) is 1.66. The third-order valence-corrected chi connectivity index (χ3v) is 11.6. The van der Waals surface area contributed by atoms with Crippen molar-refractivity contribution >= 4 is 5.97 Å².